The minimum Gasteiger partial charge on any atom is -0.391 e. The lowest BCUT2D eigenvalue weighted by molar-refractivity contribution is 0.0819. The number of aliphatic hydroxyl groups is 1. The molecule has 0 saturated carbocycles. The molecular weight excluding hydrogens is 260 g/mol. The zero-order valence-electron chi connectivity index (χ0n) is 12.0. The first-order chi connectivity index (χ1) is 9.12. The van der Waals surface area contributed by atoms with Gasteiger partial charge in [0.1, 0.15) is 4.88 Å². The average Bonchev–Trinajstić information content (AvgIpc) is 2.86. The minimum absolute atomic E-state index is 0.134. The Balaban J connectivity index is 2.45. The van der Waals surface area contributed by atoms with Gasteiger partial charge in [-0.1, -0.05) is 33.6 Å². The molecule has 1 heterocycles. The highest BCUT2D eigenvalue weighted by atomic mass is 32.1. The topological polar surface area (TPSA) is 62.2 Å². The zero-order valence-corrected chi connectivity index (χ0v) is 12.8. The van der Waals surface area contributed by atoms with Crippen LogP contribution >= 0.6 is 11.3 Å². The van der Waals surface area contributed by atoms with Crippen LogP contribution in [0.2, 0.25) is 0 Å². The fourth-order valence-electron chi connectivity index (χ4n) is 2.03. The van der Waals surface area contributed by atoms with Crippen molar-refractivity contribution in [1.82, 2.24) is 10.3 Å². The zero-order chi connectivity index (χ0) is 14.3. The minimum atomic E-state index is -0.470. The van der Waals surface area contributed by atoms with E-state index in [1.165, 1.54) is 11.3 Å². The summed E-state index contributed by atoms with van der Waals surface area (Å²) in [7, 11) is 0. The Kier molecular flexibility index (Phi) is 7.02. The summed E-state index contributed by atoms with van der Waals surface area (Å²) in [4.78, 5) is 16.8. The standard InChI is InChI=1S/C14H24N2O2S/c1-4-7-13-15-9-12(19-13)14(18)16-8-11(17)10(5-2)6-3/h9-11,17H,4-8H2,1-3H3,(H,16,18). The van der Waals surface area contributed by atoms with Gasteiger partial charge in [0, 0.05) is 6.54 Å². The lowest BCUT2D eigenvalue weighted by Gasteiger charge is -2.20. The molecule has 19 heavy (non-hydrogen) atoms. The molecule has 0 spiro atoms. The van der Waals surface area contributed by atoms with Gasteiger partial charge < -0.3 is 10.4 Å². The van der Waals surface area contributed by atoms with Crippen molar-refractivity contribution in [1.29, 1.82) is 0 Å². The van der Waals surface area contributed by atoms with Crippen LogP contribution in [0.3, 0.4) is 0 Å². The highest BCUT2D eigenvalue weighted by Crippen LogP contribution is 2.15. The van der Waals surface area contributed by atoms with E-state index in [2.05, 4.69) is 31.1 Å². The third kappa shape index (κ3) is 4.91. The molecule has 1 amide bonds. The van der Waals surface area contributed by atoms with Gasteiger partial charge in [-0.3, -0.25) is 4.79 Å². The summed E-state index contributed by atoms with van der Waals surface area (Å²) in [5.41, 5.74) is 0. The fourth-order valence-corrected chi connectivity index (χ4v) is 2.96. The summed E-state index contributed by atoms with van der Waals surface area (Å²) in [5, 5.41) is 13.7. The van der Waals surface area contributed by atoms with E-state index in [1.807, 2.05) is 0 Å². The van der Waals surface area contributed by atoms with Gasteiger partial charge in [0.25, 0.3) is 5.91 Å². The summed E-state index contributed by atoms with van der Waals surface area (Å²) < 4.78 is 0. The van der Waals surface area contributed by atoms with E-state index in [-0.39, 0.29) is 11.8 Å². The first-order valence-electron chi connectivity index (χ1n) is 7.03. The van der Waals surface area contributed by atoms with Crippen LogP contribution in [-0.2, 0) is 6.42 Å². The second kappa shape index (κ2) is 8.27. The highest BCUT2D eigenvalue weighted by molar-refractivity contribution is 7.13. The molecule has 0 aromatic carbocycles. The maximum absolute atomic E-state index is 11.9. The summed E-state index contributed by atoms with van der Waals surface area (Å²) in [5.74, 6) is 0.113. The van der Waals surface area contributed by atoms with Gasteiger partial charge in [-0.25, -0.2) is 4.98 Å². The first kappa shape index (κ1) is 16.1. The van der Waals surface area contributed by atoms with E-state index in [0.29, 0.717) is 11.4 Å². The molecule has 1 aromatic rings. The molecule has 1 unspecified atom stereocenters. The quantitative estimate of drug-likeness (QED) is 0.771. The van der Waals surface area contributed by atoms with Crippen LogP contribution < -0.4 is 5.32 Å². The van der Waals surface area contributed by atoms with Crippen LogP contribution in [0.15, 0.2) is 6.20 Å². The van der Waals surface area contributed by atoms with Crippen LogP contribution in [-0.4, -0.2) is 28.6 Å². The molecule has 0 bridgehead atoms. The Morgan fingerprint density at radius 2 is 2.11 bits per heavy atom. The van der Waals surface area contributed by atoms with Crippen molar-refractivity contribution in [2.45, 2.75) is 52.6 Å². The Hall–Kier alpha value is -0.940. The molecule has 0 aliphatic rings. The van der Waals surface area contributed by atoms with Gasteiger partial charge >= 0.3 is 0 Å². The number of thiazole rings is 1. The molecule has 4 nitrogen and oxygen atoms in total. The number of amides is 1. The predicted octanol–water partition coefficient (Wildman–Crippen LogP) is 2.62. The second-order valence-corrected chi connectivity index (χ2v) is 5.84. The first-order valence-corrected chi connectivity index (χ1v) is 7.84. The second-order valence-electron chi connectivity index (χ2n) is 4.72. The Labute approximate surface area is 119 Å². The molecule has 0 saturated heterocycles. The maximum atomic E-state index is 11.9. The Bertz CT molecular complexity index is 389. The smallest absolute Gasteiger partial charge is 0.263 e. The monoisotopic (exact) mass is 284 g/mol. The van der Waals surface area contributed by atoms with E-state index >= 15 is 0 Å². The van der Waals surface area contributed by atoms with Crippen molar-refractivity contribution < 1.29 is 9.90 Å². The van der Waals surface area contributed by atoms with Crippen molar-refractivity contribution in [2.75, 3.05) is 6.54 Å². The molecule has 2 N–H and O–H groups in total. The van der Waals surface area contributed by atoms with E-state index in [1.54, 1.807) is 6.20 Å². The molecule has 108 valence electrons. The molecule has 1 atom stereocenters. The normalized spacial score (nSPS) is 12.7. The summed E-state index contributed by atoms with van der Waals surface area (Å²) in [6, 6.07) is 0. The van der Waals surface area contributed by atoms with Gasteiger partial charge in [0.05, 0.1) is 17.3 Å². The van der Waals surface area contributed by atoms with Crippen LogP contribution in [0.4, 0.5) is 0 Å². The van der Waals surface area contributed by atoms with Crippen molar-refractivity contribution in [3.63, 3.8) is 0 Å². The predicted molar refractivity (Wildman–Crippen MR) is 78.5 cm³/mol. The number of hydrogen-bond acceptors (Lipinski definition) is 4. The lowest BCUT2D eigenvalue weighted by atomic mass is 9.96. The average molecular weight is 284 g/mol. The van der Waals surface area contributed by atoms with Crippen molar-refractivity contribution in [3.8, 4) is 0 Å². The van der Waals surface area contributed by atoms with Crippen molar-refractivity contribution in [2.24, 2.45) is 5.92 Å². The number of hydrogen-bond donors (Lipinski definition) is 2. The number of carbonyl (C=O) groups is 1. The molecular formula is C14H24N2O2S. The molecule has 0 radical (unpaired) electrons. The van der Waals surface area contributed by atoms with Gasteiger partial charge in [-0.05, 0) is 18.8 Å². The maximum Gasteiger partial charge on any atom is 0.263 e. The Morgan fingerprint density at radius 1 is 1.42 bits per heavy atom. The third-order valence-corrected chi connectivity index (χ3v) is 4.36. The molecule has 5 heteroatoms. The summed E-state index contributed by atoms with van der Waals surface area (Å²) in [6.07, 6.45) is 4.94. The van der Waals surface area contributed by atoms with Gasteiger partial charge in [0.2, 0.25) is 0 Å². The van der Waals surface area contributed by atoms with E-state index in [0.717, 1.165) is 30.7 Å². The molecule has 1 rings (SSSR count). The van der Waals surface area contributed by atoms with E-state index in [9.17, 15) is 9.90 Å². The van der Waals surface area contributed by atoms with Gasteiger partial charge in [-0.2, -0.15) is 0 Å². The molecule has 0 aliphatic carbocycles. The van der Waals surface area contributed by atoms with Gasteiger partial charge in [0.15, 0.2) is 0 Å². The number of aliphatic hydroxyl groups excluding tert-OH is 1. The molecule has 0 aliphatic heterocycles. The SMILES string of the molecule is CCCc1ncc(C(=O)NCC(O)C(CC)CC)s1. The van der Waals surface area contributed by atoms with Crippen LogP contribution in [0, 0.1) is 5.92 Å². The van der Waals surface area contributed by atoms with E-state index in [4.69, 9.17) is 0 Å². The fraction of sp³-hybridized carbons (Fsp3) is 0.714. The van der Waals surface area contributed by atoms with Crippen LogP contribution in [0.5, 0.6) is 0 Å². The number of rotatable bonds is 8. The number of nitrogens with one attached hydrogen (secondary N) is 1. The Morgan fingerprint density at radius 3 is 2.68 bits per heavy atom. The van der Waals surface area contributed by atoms with Crippen LogP contribution in [0.1, 0.15) is 54.7 Å². The summed E-state index contributed by atoms with van der Waals surface area (Å²) >= 11 is 1.43. The highest BCUT2D eigenvalue weighted by Gasteiger charge is 2.17. The lowest BCUT2D eigenvalue weighted by Crippen LogP contribution is -2.35. The van der Waals surface area contributed by atoms with E-state index < -0.39 is 6.10 Å². The van der Waals surface area contributed by atoms with Crippen molar-refractivity contribution >= 4 is 17.2 Å². The molecule has 0 fully saturated rings. The number of aromatic nitrogens is 1. The van der Waals surface area contributed by atoms with Crippen molar-refractivity contribution in [3.05, 3.63) is 16.1 Å². The molecule has 1 aromatic heterocycles. The van der Waals surface area contributed by atoms with Crippen LogP contribution in [0.25, 0.3) is 0 Å². The number of nitrogens with zero attached hydrogens (tertiary/aromatic N) is 1. The van der Waals surface area contributed by atoms with Gasteiger partial charge in [-0.15, -0.1) is 11.3 Å². The third-order valence-electron chi connectivity index (χ3n) is 3.31. The summed E-state index contributed by atoms with van der Waals surface area (Å²) in [6.45, 7) is 6.51. The largest absolute Gasteiger partial charge is 0.391 e. The number of carbonyl (C=O) groups excluding carboxylic acids is 1. The number of aryl methyl sites for hydroxylation is 1.